The highest BCUT2D eigenvalue weighted by molar-refractivity contribution is 7.99. The van der Waals surface area contributed by atoms with E-state index in [4.69, 9.17) is 5.11 Å². The Morgan fingerprint density at radius 3 is 2.94 bits per heavy atom. The van der Waals surface area contributed by atoms with E-state index in [0.717, 1.165) is 11.8 Å². The lowest BCUT2D eigenvalue weighted by Gasteiger charge is -2.10. The van der Waals surface area contributed by atoms with Gasteiger partial charge in [0.1, 0.15) is 0 Å². The topological polar surface area (TPSA) is 117 Å². The smallest absolute Gasteiger partial charge is 0.344 e. The number of hydrogen-bond donors (Lipinski definition) is 3. The number of aromatic nitrogens is 3. The summed E-state index contributed by atoms with van der Waals surface area (Å²) in [5.74, 6) is -1.17. The van der Waals surface area contributed by atoms with Gasteiger partial charge in [-0.1, -0.05) is 11.8 Å². The number of nitrogens with one attached hydrogen (secondary N) is 2. The number of hydrogen-bond acceptors (Lipinski definition) is 5. The first-order valence-corrected chi connectivity index (χ1v) is 6.34. The fourth-order valence-corrected chi connectivity index (χ4v) is 2.41. The maximum absolute atomic E-state index is 11.5. The molecule has 0 radical (unpaired) electrons. The summed E-state index contributed by atoms with van der Waals surface area (Å²) in [5, 5.41) is 17.7. The van der Waals surface area contributed by atoms with Gasteiger partial charge in [-0.05, 0) is 6.42 Å². The van der Waals surface area contributed by atoms with Crippen LogP contribution in [-0.2, 0) is 16.1 Å². The van der Waals surface area contributed by atoms with Crippen LogP contribution in [0.3, 0.4) is 0 Å². The van der Waals surface area contributed by atoms with E-state index in [2.05, 4.69) is 15.5 Å². The number of carbonyl (C=O) groups excluding carboxylic acids is 1. The van der Waals surface area contributed by atoms with E-state index in [-0.39, 0.29) is 17.7 Å². The number of rotatable bonds is 5. The zero-order chi connectivity index (χ0) is 13.1. The van der Waals surface area contributed by atoms with Crippen molar-refractivity contribution in [3.8, 4) is 0 Å². The van der Waals surface area contributed by atoms with E-state index in [9.17, 15) is 14.4 Å². The highest BCUT2D eigenvalue weighted by atomic mass is 32.2. The van der Waals surface area contributed by atoms with Crippen LogP contribution in [0.25, 0.3) is 0 Å². The van der Waals surface area contributed by atoms with Crippen molar-refractivity contribution >= 4 is 23.6 Å². The molecule has 0 saturated carbocycles. The number of carboxylic acid groups (broad SMARTS) is 1. The van der Waals surface area contributed by atoms with Gasteiger partial charge < -0.3 is 10.4 Å². The zero-order valence-corrected chi connectivity index (χ0v) is 10.2. The molecule has 2 heterocycles. The highest BCUT2D eigenvalue weighted by Crippen LogP contribution is 2.15. The first kappa shape index (κ1) is 12.7. The first-order valence-electron chi connectivity index (χ1n) is 5.35. The molecule has 8 nitrogen and oxygen atoms in total. The molecular weight excluding hydrogens is 260 g/mol. The molecule has 1 saturated heterocycles. The lowest BCUT2D eigenvalue weighted by molar-refractivity contribution is -0.133. The number of carbonyl (C=O) groups is 2. The summed E-state index contributed by atoms with van der Waals surface area (Å²) in [4.78, 5) is 33.1. The van der Waals surface area contributed by atoms with E-state index in [1.54, 1.807) is 0 Å². The van der Waals surface area contributed by atoms with Crippen molar-refractivity contribution in [1.82, 2.24) is 20.1 Å². The highest BCUT2D eigenvalue weighted by Gasteiger charge is 2.23. The van der Waals surface area contributed by atoms with E-state index in [1.807, 2.05) is 0 Å². The third-order valence-corrected chi connectivity index (χ3v) is 3.50. The fraction of sp³-hybridized carbons (Fsp3) is 0.556. The Hall–Kier alpha value is -1.77. The maximum atomic E-state index is 11.5. The number of H-pyrrole nitrogens is 1. The van der Waals surface area contributed by atoms with Gasteiger partial charge in [-0.2, -0.15) is 0 Å². The van der Waals surface area contributed by atoms with Crippen LogP contribution in [0, 0.1) is 0 Å². The largest absolute Gasteiger partial charge is 0.481 e. The summed E-state index contributed by atoms with van der Waals surface area (Å²) in [5.41, 5.74) is -0.399. The molecule has 0 aliphatic carbocycles. The van der Waals surface area contributed by atoms with Crippen LogP contribution >= 0.6 is 11.8 Å². The number of thioether (sulfide) groups is 1. The lowest BCUT2D eigenvalue weighted by Crippen LogP contribution is -2.33. The molecule has 9 heteroatoms. The van der Waals surface area contributed by atoms with Crippen LogP contribution in [0.2, 0.25) is 0 Å². The van der Waals surface area contributed by atoms with Crippen LogP contribution in [0.4, 0.5) is 0 Å². The maximum Gasteiger partial charge on any atom is 0.344 e. The standard InChI is InChI=1S/C9H12N4O4S/c14-6-2-1-5(10-6)3-13-8(17)11-12-9(13)18-4-7(15)16/h5H,1-4H2,(H,10,14)(H,11,17)(H,15,16). The number of amides is 1. The fourth-order valence-electron chi connectivity index (χ4n) is 1.74. The normalized spacial score (nSPS) is 18.9. The molecule has 1 aliphatic rings. The van der Waals surface area contributed by atoms with Crippen LogP contribution in [-0.4, -0.2) is 43.5 Å². The molecule has 1 atom stereocenters. The third kappa shape index (κ3) is 2.92. The van der Waals surface area contributed by atoms with Gasteiger partial charge in [0.25, 0.3) is 0 Å². The van der Waals surface area contributed by atoms with Gasteiger partial charge in [0.05, 0.1) is 12.3 Å². The van der Waals surface area contributed by atoms with Gasteiger partial charge in [0.15, 0.2) is 5.16 Å². The summed E-state index contributed by atoms with van der Waals surface area (Å²) in [7, 11) is 0. The van der Waals surface area contributed by atoms with Crippen LogP contribution in [0.5, 0.6) is 0 Å². The van der Waals surface area contributed by atoms with E-state index < -0.39 is 11.7 Å². The van der Waals surface area contributed by atoms with Crippen molar-refractivity contribution < 1.29 is 14.7 Å². The van der Waals surface area contributed by atoms with Crippen molar-refractivity contribution in [2.75, 3.05) is 5.75 Å². The molecular formula is C9H12N4O4S. The molecule has 0 aromatic carbocycles. The summed E-state index contributed by atoms with van der Waals surface area (Å²) in [6.45, 7) is 0.309. The van der Waals surface area contributed by atoms with Gasteiger partial charge in [0, 0.05) is 12.5 Å². The Labute approximate surface area is 106 Å². The lowest BCUT2D eigenvalue weighted by atomic mass is 10.2. The second-order valence-corrected chi connectivity index (χ2v) is 4.85. The van der Waals surface area contributed by atoms with Crippen molar-refractivity contribution in [1.29, 1.82) is 0 Å². The van der Waals surface area contributed by atoms with Gasteiger partial charge in [-0.25, -0.2) is 9.89 Å². The molecule has 3 N–H and O–H groups in total. The predicted molar refractivity (Wildman–Crippen MR) is 62.4 cm³/mol. The Balaban J connectivity index is 2.06. The van der Waals surface area contributed by atoms with Gasteiger partial charge >= 0.3 is 11.7 Å². The summed E-state index contributed by atoms with van der Waals surface area (Å²) in [6.07, 6.45) is 1.12. The molecule has 1 aliphatic heterocycles. The molecule has 0 spiro atoms. The van der Waals surface area contributed by atoms with E-state index in [1.165, 1.54) is 4.57 Å². The van der Waals surface area contributed by atoms with Crippen molar-refractivity contribution in [3.05, 3.63) is 10.5 Å². The zero-order valence-electron chi connectivity index (χ0n) is 9.38. The minimum absolute atomic E-state index is 0.0312. The monoisotopic (exact) mass is 272 g/mol. The molecule has 1 fully saturated rings. The summed E-state index contributed by atoms with van der Waals surface area (Å²) >= 11 is 0.969. The third-order valence-electron chi connectivity index (χ3n) is 2.54. The Morgan fingerprint density at radius 1 is 1.56 bits per heavy atom. The molecule has 1 aromatic heterocycles. The molecule has 18 heavy (non-hydrogen) atoms. The van der Waals surface area contributed by atoms with Crippen molar-refractivity contribution in [3.63, 3.8) is 0 Å². The molecule has 1 aromatic rings. The van der Waals surface area contributed by atoms with Crippen molar-refractivity contribution in [2.45, 2.75) is 30.6 Å². The number of aliphatic carboxylic acids is 1. The average Bonchev–Trinajstić information content (AvgIpc) is 2.85. The molecule has 98 valence electrons. The van der Waals surface area contributed by atoms with Crippen molar-refractivity contribution in [2.24, 2.45) is 0 Å². The minimum Gasteiger partial charge on any atom is -0.481 e. The Kier molecular flexibility index (Phi) is 3.70. The van der Waals surface area contributed by atoms with Gasteiger partial charge in [-0.15, -0.1) is 5.10 Å². The quantitative estimate of drug-likeness (QED) is 0.593. The average molecular weight is 272 g/mol. The SMILES string of the molecule is O=C(O)CSc1n[nH]c(=O)n1CC1CCC(=O)N1. The molecule has 2 rings (SSSR count). The number of aromatic amines is 1. The Morgan fingerprint density at radius 2 is 2.33 bits per heavy atom. The number of nitrogens with zero attached hydrogens (tertiary/aromatic N) is 2. The number of carboxylic acids is 1. The first-order chi connectivity index (χ1) is 8.56. The minimum atomic E-state index is -0.976. The second-order valence-electron chi connectivity index (χ2n) is 3.91. The van der Waals surface area contributed by atoms with Crippen LogP contribution in [0.1, 0.15) is 12.8 Å². The second kappa shape index (κ2) is 5.25. The summed E-state index contributed by atoms with van der Waals surface area (Å²) in [6, 6.07) is -0.100. The summed E-state index contributed by atoms with van der Waals surface area (Å²) < 4.78 is 1.35. The van der Waals surface area contributed by atoms with Crippen LogP contribution in [0.15, 0.2) is 9.95 Å². The van der Waals surface area contributed by atoms with Gasteiger partial charge in [0.2, 0.25) is 5.91 Å². The predicted octanol–water partition coefficient (Wildman–Crippen LogP) is -0.973. The van der Waals surface area contributed by atoms with Crippen LogP contribution < -0.4 is 11.0 Å². The molecule has 0 bridgehead atoms. The van der Waals surface area contributed by atoms with Gasteiger partial charge in [-0.3, -0.25) is 14.2 Å². The van der Waals surface area contributed by atoms with E-state index >= 15 is 0 Å². The molecule has 1 amide bonds. The van der Waals surface area contributed by atoms with E-state index in [0.29, 0.717) is 24.5 Å². The molecule has 1 unspecified atom stereocenters. The Bertz CT molecular complexity index is 523.